The van der Waals surface area contributed by atoms with E-state index in [1.54, 1.807) is 37.5 Å². The van der Waals surface area contributed by atoms with Gasteiger partial charge >= 0.3 is 0 Å². The molecule has 0 spiro atoms. The second-order valence-electron chi connectivity index (χ2n) is 7.37. The van der Waals surface area contributed by atoms with Gasteiger partial charge in [-0.1, -0.05) is 0 Å². The van der Waals surface area contributed by atoms with Crippen LogP contribution in [0.1, 0.15) is 21.5 Å². The molecule has 2 aromatic carbocycles. The number of aromatic hydroxyl groups is 1. The first-order valence-corrected chi connectivity index (χ1v) is 10.1. The smallest absolute Gasteiger partial charge is 0.231 e. The molecule has 0 aromatic heterocycles. The van der Waals surface area contributed by atoms with Gasteiger partial charge in [-0.05, 0) is 24.3 Å². The zero-order valence-corrected chi connectivity index (χ0v) is 17.8. The van der Waals surface area contributed by atoms with Crippen LogP contribution in [-0.4, -0.2) is 58.5 Å². The van der Waals surface area contributed by atoms with Crippen LogP contribution < -0.4 is 23.8 Å². The van der Waals surface area contributed by atoms with Crippen LogP contribution in [0, 0.1) is 0 Å². The van der Waals surface area contributed by atoms with Gasteiger partial charge in [-0.3, -0.25) is 4.79 Å². The summed E-state index contributed by atoms with van der Waals surface area (Å²) in [6, 6.07) is 6.56. The number of allylic oxidation sites excluding steroid dienone is 1. The van der Waals surface area contributed by atoms with Crippen molar-refractivity contribution in [1.29, 1.82) is 0 Å². The van der Waals surface area contributed by atoms with Gasteiger partial charge in [0.15, 0.2) is 23.0 Å². The highest BCUT2D eigenvalue weighted by atomic mass is 16.5. The third-order valence-electron chi connectivity index (χ3n) is 5.57. The highest BCUT2D eigenvalue weighted by Gasteiger charge is 2.33. The number of phenols is 1. The summed E-state index contributed by atoms with van der Waals surface area (Å²) in [6.07, 6.45) is 1.62. The first kappa shape index (κ1) is 21.0. The van der Waals surface area contributed by atoms with Gasteiger partial charge in [0.2, 0.25) is 5.78 Å². The van der Waals surface area contributed by atoms with Crippen molar-refractivity contribution < 1.29 is 38.5 Å². The Morgan fingerprint density at radius 2 is 1.71 bits per heavy atom. The van der Waals surface area contributed by atoms with Crippen molar-refractivity contribution in [2.24, 2.45) is 0 Å². The van der Waals surface area contributed by atoms with Crippen molar-refractivity contribution in [1.82, 2.24) is 0 Å². The first-order chi connectivity index (χ1) is 15.0. The van der Waals surface area contributed by atoms with Gasteiger partial charge in [0, 0.05) is 11.6 Å². The molecule has 31 heavy (non-hydrogen) atoms. The van der Waals surface area contributed by atoms with Crippen molar-refractivity contribution in [3.63, 3.8) is 0 Å². The average molecular weight is 428 g/mol. The largest absolute Gasteiger partial charge is 0.507 e. The fourth-order valence-corrected chi connectivity index (χ4v) is 3.86. The summed E-state index contributed by atoms with van der Waals surface area (Å²) in [5.41, 5.74) is 1.68. The van der Waals surface area contributed by atoms with Gasteiger partial charge in [-0.25, -0.2) is 0 Å². The van der Waals surface area contributed by atoms with Gasteiger partial charge in [-0.2, -0.15) is 0 Å². The fraction of sp³-hybridized carbons (Fsp3) is 0.348. The van der Waals surface area contributed by atoms with Crippen LogP contribution in [0.4, 0.5) is 0 Å². The molecule has 164 valence electrons. The topological polar surface area (TPSA) is 87.9 Å². The average Bonchev–Trinajstić information content (AvgIpc) is 3.11. The molecule has 2 aliphatic rings. The molecule has 0 aliphatic carbocycles. The van der Waals surface area contributed by atoms with Crippen LogP contribution in [0.15, 0.2) is 30.0 Å². The van der Waals surface area contributed by atoms with Crippen LogP contribution in [0.25, 0.3) is 6.08 Å². The number of ether oxygens (including phenoxy) is 5. The summed E-state index contributed by atoms with van der Waals surface area (Å²) >= 11 is 0. The summed E-state index contributed by atoms with van der Waals surface area (Å²) in [6.45, 7) is 3.58. The number of morpholine rings is 1. The predicted octanol–water partition coefficient (Wildman–Crippen LogP) is 1.45. The molecular formula is C23H26NO7+. The number of methoxy groups -OCH3 is 3. The van der Waals surface area contributed by atoms with E-state index < -0.39 is 0 Å². The van der Waals surface area contributed by atoms with Crippen LogP contribution in [-0.2, 0) is 11.3 Å². The monoisotopic (exact) mass is 428 g/mol. The standard InChI is InChI=1S/C23H25NO7/c1-27-18-12-20(29-3)19(28-2)10-14(18)11-21-22(26)15-4-5-17(25)16(23(15)31-21)13-24-6-8-30-9-7-24/h4-5,10-12,25H,6-9,13H2,1-3H3/p+1/b21-11-. The lowest BCUT2D eigenvalue weighted by molar-refractivity contribution is -0.921. The molecule has 1 saturated heterocycles. The lowest BCUT2D eigenvalue weighted by atomic mass is 10.0. The lowest BCUT2D eigenvalue weighted by Crippen LogP contribution is -3.12. The van der Waals surface area contributed by atoms with E-state index in [0.717, 1.165) is 13.1 Å². The summed E-state index contributed by atoms with van der Waals surface area (Å²) in [4.78, 5) is 14.3. The summed E-state index contributed by atoms with van der Waals surface area (Å²) in [5, 5.41) is 10.5. The molecule has 2 aromatic rings. The number of benzene rings is 2. The number of ketones is 1. The van der Waals surface area contributed by atoms with E-state index in [1.165, 1.54) is 19.1 Å². The van der Waals surface area contributed by atoms with E-state index in [1.807, 2.05) is 0 Å². The summed E-state index contributed by atoms with van der Waals surface area (Å²) in [5.74, 6) is 1.98. The van der Waals surface area contributed by atoms with Gasteiger partial charge < -0.3 is 33.7 Å². The molecule has 0 radical (unpaired) electrons. The second kappa shape index (κ2) is 8.87. The summed E-state index contributed by atoms with van der Waals surface area (Å²) < 4.78 is 27.5. The third-order valence-corrected chi connectivity index (χ3v) is 5.57. The SMILES string of the molecule is COc1cc(OC)c(OC)cc1/C=C1\Oc2c(ccc(O)c2C[NH+]2CCOCC2)C1=O. The number of carbonyl (C=O) groups is 1. The quantitative estimate of drug-likeness (QED) is 0.674. The molecule has 8 nitrogen and oxygen atoms in total. The maximum atomic E-state index is 13.0. The van der Waals surface area contributed by atoms with Crippen molar-refractivity contribution >= 4 is 11.9 Å². The number of hydrogen-bond donors (Lipinski definition) is 2. The predicted molar refractivity (Wildman–Crippen MR) is 112 cm³/mol. The Labute approximate surface area is 180 Å². The molecule has 0 saturated carbocycles. The van der Waals surface area contributed by atoms with Crippen molar-refractivity contribution in [3.05, 3.63) is 46.7 Å². The molecule has 2 aliphatic heterocycles. The highest BCUT2D eigenvalue weighted by Crippen LogP contribution is 2.41. The van der Waals surface area contributed by atoms with E-state index in [9.17, 15) is 9.90 Å². The number of hydrogen-bond acceptors (Lipinski definition) is 7. The highest BCUT2D eigenvalue weighted by molar-refractivity contribution is 6.15. The summed E-state index contributed by atoms with van der Waals surface area (Å²) in [7, 11) is 4.62. The van der Waals surface area contributed by atoms with Crippen LogP contribution in [0.3, 0.4) is 0 Å². The van der Waals surface area contributed by atoms with E-state index in [-0.39, 0.29) is 17.3 Å². The molecule has 1 fully saturated rings. The number of carbonyl (C=O) groups excluding carboxylic acids is 1. The van der Waals surface area contributed by atoms with Crippen LogP contribution in [0.5, 0.6) is 28.7 Å². The van der Waals surface area contributed by atoms with E-state index in [2.05, 4.69) is 0 Å². The molecule has 0 amide bonds. The zero-order valence-electron chi connectivity index (χ0n) is 17.8. The maximum Gasteiger partial charge on any atom is 0.231 e. The minimum absolute atomic E-state index is 0.121. The van der Waals surface area contributed by atoms with Gasteiger partial charge in [0.25, 0.3) is 0 Å². The lowest BCUT2D eigenvalue weighted by Gasteiger charge is -2.24. The molecule has 0 unspecified atom stereocenters. The van der Waals surface area contributed by atoms with Crippen molar-refractivity contribution in [2.75, 3.05) is 47.6 Å². The van der Waals surface area contributed by atoms with Crippen LogP contribution >= 0.6 is 0 Å². The first-order valence-electron chi connectivity index (χ1n) is 10.1. The number of nitrogens with one attached hydrogen (secondary N) is 1. The normalized spacial score (nSPS) is 17.4. The molecule has 0 bridgehead atoms. The zero-order chi connectivity index (χ0) is 22.0. The van der Waals surface area contributed by atoms with Gasteiger partial charge in [-0.15, -0.1) is 0 Å². The molecule has 4 rings (SSSR count). The van der Waals surface area contributed by atoms with Gasteiger partial charge in [0.1, 0.15) is 31.1 Å². The van der Waals surface area contributed by atoms with E-state index in [0.29, 0.717) is 59.4 Å². The Kier molecular flexibility index (Phi) is 6.01. The van der Waals surface area contributed by atoms with Crippen LogP contribution in [0.2, 0.25) is 0 Å². The Hall–Kier alpha value is -3.23. The molecule has 8 heteroatoms. The minimum Gasteiger partial charge on any atom is -0.507 e. The van der Waals surface area contributed by atoms with E-state index >= 15 is 0 Å². The minimum atomic E-state index is -0.245. The third kappa shape index (κ3) is 4.04. The van der Waals surface area contributed by atoms with Gasteiger partial charge in [0.05, 0.1) is 45.7 Å². The van der Waals surface area contributed by atoms with E-state index in [4.69, 9.17) is 23.7 Å². The molecule has 0 atom stereocenters. The molecule has 2 N–H and O–H groups in total. The Balaban J connectivity index is 1.69. The van der Waals surface area contributed by atoms with Crippen molar-refractivity contribution in [2.45, 2.75) is 6.54 Å². The number of Topliss-reactive ketones (excluding diaryl/α,β-unsaturated/α-hetero) is 1. The Bertz CT molecular complexity index is 1030. The number of rotatable bonds is 6. The molecular weight excluding hydrogens is 402 g/mol. The van der Waals surface area contributed by atoms with Crippen molar-refractivity contribution in [3.8, 4) is 28.7 Å². The Morgan fingerprint density at radius 3 is 2.39 bits per heavy atom. The molecule has 2 heterocycles. The Morgan fingerprint density at radius 1 is 1.03 bits per heavy atom. The maximum absolute atomic E-state index is 13.0. The number of quaternary nitrogens is 1. The fourth-order valence-electron chi connectivity index (χ4n) is 3.86. The number of fused-ring (bicyclic) bond motifs is 1. The number of phenolic OH excluding ortho intramolecular Hbond substituents is 1. The second-order valence-corrected chi connectivity index (χ2v) is 7.37.